The standard InChI is InChI=1S/C4H3BrS/c5-4-1-2-6-3-4/h1-2,6H. The van der Waals surface area contributed by atoms with Crippen molar-refractivity contribution in [1.29, 1.82) is 0 Å². The van der Waals surface area contributed by atoms with E-state index >= 15 is 0 Å². The Balaban J connectivity index is 2.98. The van der Waals surface area contributed by atoms with Crippen LogP contribution in [-0.2, 0) is 0 Å². The third kappa shape index (κ3) is 0.839. The van der Waals surface area contributed by atoms with Crippen LogP contribution in [0.4, 0.5) is 0 Å². The quantitative estimate of drug-likeness (QED) is 0.407. The summed E-state index contributed by atoms with van der Waals surface area (Å²) in [6.45, 7) is 0. The summed E-state index contributed by atoms with van der Waals surface area (Å²) in [6.07, 6.45) is 1.99. The second-order valence-corrected chi connectivity index (χ2v) is 2.54. The number of halogens is 1. The van der Waals surface area contributed by atoms with Crippen LogP contribution in [0.1, 0.15) is 0 Å². The smallest absolute Gasteiger partial charge is 0.0660 e. The van der Waals surface area contributed by atoms with Gasteiger partial charge < -0.3 is 0 Å². The molecule has 0 atom stereocenters. The monoisotopic (exact) mass is 162 g/mol. The highest BCUT2D eigenvalue weighted by molar-refractivity contribution is 9.12. The molecule has 0 radical (unpaired) electrons. The van der Waals surface area contributed by atoms with E-state index in [0.29, 0.717) is 0 Å². The van der Waals surface area contributed by atoms with Gasteiger partial charge in [-0.3, -0.25) is 0 Å². The Hall–Kier alpha value is 0.220. The zero-order chi connectivity index (χ0) is 4.41. The predicted octanol–water partition coefficient (Wildman–Crippen LogP) is 1.66. The highest BCUT2D eigenvalue weighted by atomic mass is 79.9. The number of thiol groups is 1. The number of hydrogen-bond acceptors (Lipinski definition) is 0. The summed E-state index contributed by atoms with van der Waals surface area (Å²) in [4.78, 5) is 0. The van der Waals surface area contributed by atoms with E-state index in [1.807, 2.05) is 11.5 Å². The first kappa shape index (κ1) is 4.38. The van der Waals surface area contributed by atoms with Crippen LogP contribution in [-0.4, -0.2) is 5.02 Å². The summed E-state index contributed by atoms with van der Waals surface area (Å²) in [6, 6.07) is 0. The zero-order valence-electron chi connectivity index (χ0n) is 2.98. The summed E-state index contributed by atoms with van der Waals surface area (Å²) in [7, 11) is 0. The molecule has 0 spiro atoms. The molecule has 1 aliphatic rings. The van der Waals surface area contributed by atoms with Crippen LogP contribution in [0.25, 0.3) is 0 Å². The molecule has 0 amide bonds. The minimum absolute atomic E-state index is 1.07. The van der Waals surface area contributed by atoms with Crippen molar-refractivity contribution >= 4 is 32.3 Å². The number of rotatable bonds is 0. The largest absolute Gasteiger partial charge is 0.132 e. The van der Waals surface area contributed by atoms with Gasteiger partial charge in [0.2, 0.25) is 0 Å². The Bertz CT molecular complexity index is 140. The second kappa shape index (κ2) is 1.78. The predicted molar refractivity (Wildman–Crippen MR) is 35.6 cm³/mol. The van der Waals surface area contributed by atoms with Crippen LogP contribution in [0.5, 0.6) is 0 Å². The van der Waals surface area contributed by atoms with Gasteiger partial charge in [-0.1, -0.05) is 5.02 Å². The lowest BCUT2D eigenvalue weighted by Crippen LogP contribution is -1.47. The molecule has 0 aromatic rings. The van der Waals surface area contributed by atoms with Crippen LogP contribution >= 0.6 is 27.3 Å². The molecule has 0 bridgehead atoms. The molecule has 0 fully saturated rings. The topological polar surface area (TPSA) is 0 Å². The van der Waals surface area contributed by atoms with E-state index in [4.69, 9.17) is 0 Å². The van der Waals surface area contributed by atoms with Gasteiger partial charge in [0, 0.05) is 0 Å². The van der Waals surface area contributed by atoms with Crippen molar-refractivity contribution in [2.24, 2.45) is 0 Å². The molecule has 0 N–H and O–H groups in total. The third-order valence-corrected chi connectivity index (χ3v) is 1.90. The summed E-state index contributed by atoms with van der Waals surface area (Å²) in [5.74, 6) is 0. The fourth-order valence-corrected chi connectivity index (χ4v) is 1.38. The zero-order valence-corrected chi connectivity index (χ0v) is 5.46. The maximum Gasteiger partial charge on any atom is 0.0660 e. The lowest BCUT2D eigenvalue weighted by atomic mass is 10.6. The molecular weight excluding hydrogens is 160 g/mol. The Kier molecular flexibility index (Phi) is 1.30. The highest BCUT2D eigenvalue weighted by Crippen LogP contribution is 2.08. The molecule has 32 valence electrons. The molecular formula is C4H3BrS. The van der Waals surface area contributed by atoms with Crippen LogP contribution in [0, 0.1) is 0 Å². The first-order valence-electron chi connectivity index (χ1n) is 1.54. The van der Waals surface area contributed by atoms with Gasteiger partial charge in [-0.05, 0) is 27.4 Å². The van der Waals surface area contributed by atoms with Crippen molar-refractivity contribution in [2.75, 3.05) is 0 Å². The van der Waals surface area contributed by atoms with Crippen LogP contribution < -0.4 is 0 Å². The molecule has 0 aliphatic carbocycles. The van der Waals surface area contributed by atoms with Gasteiger partial charge in [0.05, 0.1) is 4.48 Å². The maximum atomic E-state index is 3.25. The van der Waals surface area contributed by atoms with Crippen molar-refractivity contribution in [3.05, 3.63) is 16.0 Å². The number of hydrogen-bond donors (Lipinski definition) is 1. The summed E-state index contributed by atoms with van der Waals surface area (Å²) in [5, 5.41) is 5.05. The Morgan fingerprint density at radius 3 is 2.83 bits per heavy atom. The van der Waals surface area contributed by atoms with Crippen molar-refractivity contribution in [1.82, 2.24) is 0 Å². The van der Waals surface area contributed by atoms with E-state index in [0.717, 1.165) is 4.48 Å². The molecule has 0 unspecified atom stereocenters. The maximum absolute atomic E-state index is 3.25. The number of allylic oxidation sites excluding steroid dienone is 2. The normalized spacial score (nSPS) is 17.2. The SMILES string of the molecule is BrC1=C=[SH]C=C1. The molecule has 0 saturated carbocycles. The van der Waals surface area contributed by atoms with Crippen LogP contribution in [0.15, 0.2) is 16.0 Å². The van der Waals surface area contributed by atoms with E-state index < -0.39 is 0 Å². The second-order valence-electron chi connectivity index (χ2n) is 0.905. The Morgan fingerprint density at radius 1 is 1.83 bits per heavy atom. The van der Waals surface area contributed by atoms with Gasteiger partial charge in [-0.2, -0.15) is 0 Å². The van der Waals surface area contributed by atoms with Gasteiger partial charge in [0.25, 0.3) is 0 Å². The molecule has 0 aromatic heterocycles. The average molecular weight is 163 g/mol. The lowest BCUT2D eigenvalue weighted by molar-refractivity contribution is 2.15. The minimum Gasteiger partial charge on any atom is -0.132 e. The molecule has 0 saturated heterocycles. The van der Waals surface area contributed by atoms with Crippen LogP contribution in [0.2, 0.25) is 0 Å². The summed E-state index contributed by atoms with van der Waals surface area (Å²) < 4.78 is 1.07. The van der Waals surface area contributed by atoms with Gasteiger partial charge in [0.1, 0.15) is 0 Å². The van der Waals surface area contributed by atoms with E-state index in [9.17, 15) is 0 Å². The molecule has 0 nitrogen and oxygen atoms in total. The Labute approximate surface area is 48.6 Å². The Morgan fingerprint density at radius 2 is 2.67 bits per heavy atom. The minimum atomic E-state index is 1.07. The molecule has 2 heteroatoms. The highest BCUT2D eigenvalue weighted by Gasteiger charge is 1.79. The molecule has 1 aliphatic heterocycles. The third-order valence-electron chi connectivity index (χ3n) is 0.467. The average Bonchev–Trinajstić information content (AvgIpc) is 1.86. The molecule has 6 heavy (non-hydrogen) atoms. The van der Waals surface area contributed by atoms with Gasteiger partial charge in [-0.15, -0.1) is 11.4 Å². The van der Waals surface area contributed by atoms with Gasteiger partial charge in [0.15, 0.2) is 0 Å². The van der Waals surface area contributed by atoms with E-state index in [1.165, 1.54) is 11.4 Å². The molecule has 1 rings (SSSR count). The first-order chi connectivity index (χ1) is 2.89. The van der Waals surface area contributed by atoms with E-state index in [1.54, 1.807) is 0 Å². The van der Waals surface area contributed by atoms with Crippen molar-refractivity contribution in [2.45, 2.75) is 0 Å². The van der Waals surface area contributed by atoms with Crippen molar-refractivity contribution in [3.63, 3.8) is 0 Å². The van der Waals surface area contributed by atoms with Crippen molar-refractivity contribution in [3.8, 4) is 0 Å². The van der Waals surface area contributed by atoms with Gasteiger partial charge in [-0.25, -0.2) is 0 Å². The molecule has 0 aromatic carbocycles. The lowest BCUT2D eigenvalue weighted by Gasteiger charge is -1.64. The van der Waals surface area contributed by atoms with E-state index in [2.05, 4.69) is 21.0 Å². The summed E-state index contributed by atoms with van der Waals surface area (Å²) in [5.41, 5.74) is 0. The fraction of sp³-hybridized carbons (Fsp3) is 0. The summed E-state index contributed by atoms with van der Waals surface area (Å²) >= 11 is 4.42. The van der Waals surface area contributed by atoms with Crippen LogP contribution in [0.3, 0.4) is 0 Å². The fourth-order valence-electron chi connectivity index (χ4n) is 0.239. The molecule has 1 heterocycles. The van der Waals surface area contributed by atoms with Gasteiger partial charge >= 0.3 is 0 Å². The first-order valence-corrected chi connectivity index (χ1v) is 3.30. The van der Waals surface area contributed by atoms with E-state index in [-0.39, 0.29) is 0 Å². The van der Waals surface area contributed by atoms with Crippen molar-refractivity contribution < 1.29 is 0 Å².